The molecule has 0 aromatic rings. The molecular weight excluding hydrogens is 356 g/mol. The Morgan fingerprint density at radius 3 is 2.39 bits per heavy atom. The van der Waals surface area contributed by atoms with Crippen molar-refractivity contribution in [2.75, 3.05) is 26.4 Å². The molecule has 0 radical (unpaired) electrons. The summed E-state index contributed by atoms with van der Waals surface area (Å²) >= 11 is 0. The van der Waals surface area contributed by atoms with Gasteiger partial charge in [-0.25, -0.2) is 0 Å². The van der Waals surface area contributed by atoms with Gasteiger partial charge in [-0.15, -0.1) is 0 Å². The average molecular weight is 389 g/mol. The Morgan fingerprint density at radius 2 is 1.64 bits per heavy atom. The van der Waals surface area contributed by atoms with Crippen LogP contribution in [-0.2, 0) is 23.7 Å². The molecule has 0 N–H and O–H groups in total. The molecule has 2 heterocycles. The van der Waals surface area contributed by atoms with Crippen LogP contribution in [0.25, 0.3) is 0 Å². The van der Waals surface area contributed by atoms with Gasteiger partial charge in [0.25, 0.3) is 0 Å². The molecular formula is C23H32O5. The molecule has 6 rings (SSSR count). The van der Waals surface area contributed by atoms with Crippen LogP contribution in [0.4, 0.5) is 0 Å². The second kappa shape index (κ2) is 5.69. The molecule has 5 nitrogen and oxygen atoms in total. The highest BCUT2D eigenvalue weighted by Gasteiger charge is 2.69. The molecule has 0 bridgehead atoms. The lowest BCUT2D eigenvalue weighted by molar-refractivity contribution is -0.239. The Hall–Kier alpha value is -0.750. The molecule has 5 atom stereocenters. The van der Waals surface area contributed by atoms with Crippen molar-refractivity contribution < 1.29 is 23.7 Å². The first-order valence-electron chi connectivity index (χ1n) is 11.2. The molecule has 5 fully saturated rings. The zero-order valence-electron chi connectivity index (χ0n) is 17.1. The maximum Gasteiger partial charge on any atom is 0.188 e. The Labute approximate surface area is 167 Å². The second-order valence-electron chi connectivity index (χ2n) is 10.4. The number of hydrogen-bond acceptors (Lipinski definition) is 5. The summed E-state index contributed by atoms with van der Waals surface area (Å²) in [6.07, 6.45) is 8.89. The Balaban J connectivity index is 1.37. The van der Waals surface area contributed by atoms with Crippen molar-refractivity contribution in [1.29, 1.82) is 0 Å². The molecule has 0 unspecified atom stereocenters. The minimum atomic E-state index is -0.517. The lowest BCUT2D eigenvalue weighted by Crippen LogP contribution is -2.59. The fourth-order valence-electron chi connectivity index (χ4n) is 8.08. The summed E-state index contributed by atoms with van der Waals surface area (Å²) in [4.78, 5) is 13.7. The van der Waals surface area contributed by atoms with Gasteiger partial charge in [0.1, 0.15) is 5.78 Å². The normalized spacial score (nSPS) is 48.4. The summed E-state index contributed by atoms with van der Waals surface area (Å²) in [5, 5.41) is 0. The summed E-state index contributed by atoms with van der Waals surface area (Å²) in [6, 6.07) is 0. The number of fused-ring (bicyclic) bond motifs is 6. The fourth-order valence-corrected chi connectivity index (χ4v) is 8.08. The van der Waals surface area contributed by atoms with E-state index in [4.69, 9.17) is 18.9 Å². The van der Waals surface area contributed by atoms with E-state index in [1.807, 2.05) is 0 Å². The fraction of sp³-hybridized carbons (Fsp3) is 0.870. The average Bonchev–Trinajstić information content (AvgIpc) is 3.38. The van der Waals surface area contributed by atoms with Gasteiger partial charge < -0.3 is 18.9 Å². The SMILES string of the molecule is C[C@@]12CCC3(C=C1CC[C@@H]1[C@H]4CCC5(OCCO5)[C@]4(C)CC(=O)[C@@H]12)OCCO3. The van der Waals surface area contributed by atoms with E-state index in [0.29, 0.717) is 50.5 Å². The van der Waals surface area contributed by atoms with Gasteiger partial charge in [-0.2, -0.15) is 0 Å². The number of ketones is 1. The molecule has 28 heavy (non-hydrogen) atoms. The molecule has 0 amide bonds. The lowest BCUT2D eigenvalue weighted by atomic mass is 9.46. The van der Waals surface area contributed by atoms with Crippen molar-refractivity contribution in [3.8, 4) is 0 Å². The van der Waals surface area contributed by atoms with Crippen molar-refractivity contribution in [3.05, 3.63) is 11.6 Å². The topological polar surface area (TPSA) is 54.0 Å². The highest BCUT2D eigenvalue weighted by Crippen LogP contribution is 2.68. The van der Waals surface area contributed by atoms with Crippen molar-refractivity contribution >= 4 is 5.78 Å². The monoisotopic (exact) mass is 388 g/mol. The summed E-state index contributed by atoms with van der Waals surface area (Å²) in [6.45, 7) is 7.29. The number of carbonyl (C=O) groups is 1. The number of Topliss-reactive ketones (excluding diaryl/α,β-unsaturated/α-hetero) is 1. The van der Waals surface area contributed by atoms with E-state index in [1.165, 1.54) is 5.57 Å². The van der Waals surface area contributed by atoms with Crippen molar-refractivity contribution in [1.82, 2.24) is 0 Å². The third-order valence-electron chi connectivity index (χ3n) is 9.39. The van der Waals surface area contributed by atoms with Crippen LogP contribution in [0.15, 0.2) is 11.6 Å². The number of hydrogen-bond donors (Lipinski definition) is 0. The number of ether oxygens (including phenoxy) is 4. The molecule has 154 valence electrons. The molecule has 0 aromatic carbocycles. The van der Waals surface area contributed by atoms with E-state index in [9.17, 15) is 4.79 Å². The largest absolute Gasteiger partial charge is 0.347 e. The Kier molecular flexibility index (Phi) is 3.67. The molecule has 2 spiro atoms. The van der Waals surface area contributed by atoms with E-state index in [2.05, 4.69) is 19.9 Å². The van der Waals surface area contributed by atoms with E-state index in [0.717, 1.165) is 38.5 Å². The standard InChI is InChI=1S/C23H32O5/c1-20-7-8-22(25-9-10-26-22)13-15(20)3-4-16-17-5-6-23(27-11-12-28-23)21(17,2)14-18(24)19(16)20/h13,16-17,19H,3-12,14H2,1-2H3/t16-,17-,19-,20-,21-/m1/s1. The quantitative estimate of drug-likeness (QED) is 0.594. The molecule has 4 aliphatic carbocycles. The van der Waals surface area contributed by atoms with E-state index in [-0.39, 0.29) is 16.7 Å². The van der Waals surface area contributed by atoms with Crippen LogP contribution in [0.1, 0.15) is 58.8 Å². The maximum absolute atomic E-state index is 13.7. The second-order valence-corrected chi connectivity index (χ2v) is 10.4. The molecule has 0 aromatic heterocycles. The molecule has 5 heteroatoms. The van der Waals surface area contributed by atoms with Crippen LogP contribution < -0.4 is 0 Å². The van der Waals surface area contributed by atoms with Crippen LogP contribution >= 0.6 is 0 Å². The number of carbonyl (C=O) groups excluding carboxylic acids is 1. The first-order valence-corrected chi connectivity index (χ1v) is 11.2. The van der Waals surface area contributed by atoms with Gasteiger partial charge in [-0.1, -0.05) is 19.4 Å². The smallest absolute Gasteiger partial charge is 0.188 e. The van der Waals surface area contributed by atoms with Crippen molar-refractivity contribution in [3.63, 3.8) is 0 Å². The highest BCUT2D eigenvalue weighted by molar-refractivity contribution is 5.85. The first kappa shape index (κ1) is 18.1. The van der Waals surface area contributed by atoms with E-state index in [1.54, 1.807) is 0 Å². The zero-order chi connectivity index (χ0) is 19.2. The molecule has 3 saturated carbocycles. The van der Waals surface area contributed by atoms with Gasteiger partial charge in [0.2, 0.25) is 0 Å². The summed E-state index contributed by atoms with van der Waals surface area (Å²) in [5.41, 5.74) is 1.18. The van der Waals surface area contributed by atoms with Crippen LogP contribution in [0.3, 0.4) is 0 Å². The summed E-state index contributed by atoms with van der Waals surface area (Å²) < 4.78 is 24.3. The van der Waals surface area contributed by atoms with Gasteiger partial charge in [-0.05, 0) is 49.0 Å². The van der Waals surface area contributed by atoms with Gasteiger partial charge in [-0.3, -0.25) is 4.79 Å². The highest BCUT2D eigenvalue weighted by atomic mass is 16.7. The van der Waals surface area contributed by atoms with Crippen LogP contribution in [0.2, 0.25) is 0 Å². The van der Waals surface area contributed by atoms with Gasteiger partial charge in [0, 0.05) is 30.6 Å². The predicted molar refractivity (Wildman–Crippen MR) is 101 cm³/mol. The minimum Gasteiger partial charge on any atom is -0.347 e. The summed E-state index contributed by atoms with van der Waals surface area (Å²) in [5.74, 6) is 0.484. The van der Waals surface area contributed by atoms with Crippen LogP contribution in [-0.4, -0.2) is 43.8 Å². The third-order valence-corrected chi connectivity index (χ3v) is 9.39. The zero-order valence-corrected chi connectivity index (χ0v) is 17.1. The van der Waals surface area contributed by atoms with Crippen LogP contribution in [0.5, 0.6) is 0 Å². The van der Waals surface area contributed by atoms with Gasteiger partial charge >= 0.3 is 0 Å². The molecule has 2 aliphatic heterocycles. The lowest BCUT2D eigenvalue weighted by Gasteiger charge is -2.58. The van der Waals surface area contributed by atoms with Gasteiger partial charge in [0.15, 0.2) is 11.6 Å². The first-order chi connectivity index (χ1) is 13.4. The molecule has 6 aliphatic rings. The number of rotatable bonds is 0. The minimum absolute atomic E-state index is 0.0466. The van der Waals surface area contributed by atoms with E-state index >= 15 is 0 Å². The van der Waals surface area contributed by atoms with Crippen molar-refractivity contribution in [2.45, 2.75) is 70.4 Å². The van der Waals surface area contributed by atoms with Gasteiger partial charge in [0.05, 0.1) is 26.4 Å². The van der Waals surface area contributed by atoms with E-state index < -0.39 is 11.6 Å². The Morgan fingerprint density at radius 1 is 0.929 bits per heavy atom. The number of allylic oxidation sites excluding steroid dienone is 1. The van der Waals surface area contributed by atoms with Crippen LogP contribution in [0, 0.1) is 28.6 Å². The maximum atomic E-state index is 13.7. The molecule has 2 saturated heterocycles. The predicted octanol–water partition coefficient (Wildman–Crippen LogP) is 3.61. The Bertz CT molecular complexity index is 731. The third kappa shape index (κ3) is 2.09. The van der Waals surface area contributed by atoms with Crippen molar-refractivity contribution in [2.24, 2.45) is 28.6 Å². The summed E-state index contributed by atoms with van der Waals surface area (Å²) in [7, 11) is 0.